The second-order valence-electron chi connectivity index (χ2n) is 5.48. The van der Waals surface area contributed by atoms with E-state index in [2.05, 4.69) is 11.4 Å². The summed E-state index contributed by atoms with van der Waals surface area (Å²) in [6, 6.07) is 9.16. The maximum atomic E-state index is 12.3. The van der Waals surface area contributed by atoms with E-state index in [4.69, 9.17) is 5.26 Å². The Morgan fingerprint density at radius 3 is 2.68 bits per heavy atom. The molecule has 1 heterocycles. The lowest BCUT2D eigenvalue weighted by Gasteiger charge is -2.30. The van der Waals surface area contributed by atoms with Gasteiger partial charge >= 0.3 is 0 Å². The molecule has 0 unspecified atom stereocenters. The number of anilines is 1. The SMILES string of the molecule is CS(=O)(=O)N1CCC[C@H](C(=O)Nc2ccc(CC#N)cc2)C1. The third kappa shape index (κ3) is 4.29. The monoisotopic (exact) mass is 321 g/mol. The summed E-state index contributed by atoms with van der Waals surface area (Å²) in [6.07, 6.45) is 2.87. The molecule has 6 nitrogen and oxygen atoms in total. The van der Waals surface area contributed by atoms with Gasteiger partial charge in [-0.15, -0.1) is 0 Å². The fourth-order valence-corrected chi connectivity index (χ4v) is 3.41. The number of nitrogens with zero attached hydrogens (tertiary/aromatic N) is 2. The number of hydrogen-bond acceptors (Lipinski definition) is 4. The van der Waals surface area contributed by atoms with Crippen molar-refractivity contribution >= 4 is 21.6 Å². The maximum absolute atomic E-state index is 12.3. The average molecular weight is 321 g/mol. The molecule has 0 radical (unpaired) electrons. The molecular weight excluding hydrogens is 302 g/mol. The standard InChI is InChI=1S/C15H19N3O3S/c1-22(20,21)18-10-2-3-13(11-18)15(19)17-14-6-4-12(5-7-14)8-9-16/h4-7,13H,2-3,8,10-11H2,1H3,(H,17,19)/t13-/m0/s1. The van der Waals surface area contributed by atoms with Gasteiger partial charge < -0.3 is 5.32 Å². The van der Waals surface area contributed by atoms with Gasteiger partial charge in [0.25, 0.3) is 0 Å². The molecule has 1 N–H and O–H groups in total. The highest BCUT2D eigenvalue weighted by molar-refractivity contribution is 7.88. The van der Waals surface area contributed by atoms with E-state index >= 15 is 0 Å². The molecule has 0 spiro atoms. The Balaban J connectivity index is 1.98. The summed E-state index contributed by atoms with van der Waals surface area (Å²) in [5.41, 5.74) is 1.55. The lowest BCUT2D eigenvalue weighted by atomic mass is 9.98. The summed E-state index contributed by atoms with van der Waals surface area (Å²) in [6.45, 7) is 0.711. The molecule has 7 heteroatoms. The Bertz CT molecular complexity index is 677. The molecule has 2 rings (SSSR count). The molecule has 1 aromatic rings. The molecule has 1 aliphatic heterocycles. The van der Waals surface area contributed by atoms with Crippen LogP contribution in [0.2, 0.25) is 0 Å². The fourth-order valence-electron chi connectivity index (χ4n) is 2.50. The Morgan fingerprint density at radius 1 is 1.41 bits per heavy atom. The molecule has 1 amide bonds. The largest absolute Gasteiger partial charge is 0.326 e. The van der Waals surface area contributed by atoms with Crippen molar-refractivity contribution in [2.24, 2.45) is 5.92 Å². The normalized spacial score (nSPS) is 19.4. The topological polar surface area (TPSA) is 90.3 Å². The van der Waals surface area contributed by atoms with Crippen molar-refractivity contribution in [3.8, 4) is 6.07 Å². The van der Waals surface area contributed by atoms with Crippen LogP contribution in [0.5, 0.6) is 0 Å². The Hall–Kier alpha value is -1.91. The highest BCUT2D eigenvalue weighted by Gasteiger charge is 2.30. The predicted octanol–water partition coefficient (Wildman–Crippen LogP) is 1.36. The van der Waals surface area contributed by atoms with Gasteiger partial charge in [0, 0.05) is 18.8 Å². The van der Waals surface area contributed by atoms with Crippen molar-refractivity contribution in [1.82, 2.24) is 4.31 Å². The first-order valence-corrected chi connectivity index (χ1v) is 8.97. The number of hydrogen-bond donors (Lipinski definition) is 1. The zero-order chi connectivity index (χ0) is 16.2. The molecular formula is C15H19N3O3S. The minimum atomic E-state index is -3.25. The minimum absolute atomic E-state index is 0.165. The summed E-state index contributed by atoms with van der Waals surface area (Å²) in [5.74, 6) is -0.497. The second kappa shape index (κ2) is 6.90. The number of amides is 1. The van der Waals surface area contributed by atoms with Crippen molar-refractivity contribution in [3.63, 3.8) is 0 Å². The van der Waals surface area contributed by atoms with Crippen LogP contribution in [0, 0.1) is 17.2 Å². The van der Waals surface area contributed by atoms with Crippen LogP contribution in [0.4, 0.5) is 5.69 Å². The summed E-state index contributed by atoms with van der Waals surface area (Å²) < 4.78 is 24.5. The maximum Gasteiger partial charge on any atom is 0.228 e. The first kappa shape index (κ1) is 16.5. The lowest BCUT2D eigenvalue weighted by Crippen LogP contribution is -2.43. The third-order valence-electron chi connectivity index (χ3n) is 3.73. The van der Waals surface area contributed by atoms with Crippen molar-refractivity contribution in [2.45, 2.75) is 19.3 Å². The van der Waals surface area contributed by atoms with Crippen LogP contribution in [-0.2, 0) is 21.2 Å². The predicted molar refractivity (Wildman–Crippen MR) is 83.5 cm³/mol. The van der Waals surface area contributed by atoms with Crippen LogP contribution >= 0.6 is 0 Å². The van der Waals surface area contributed by atoms with Gasteiger partial charge in [-0.25, -0.2) is 12.7 Å². The van der Waals surface area contributed by atoms with Gasteiger partial charge in [-0.1, -0.05) is 12.1 Å². The number of nitrogens with one attached hydrogen (secondary N) is 1. The van der Waals surface area contributed by atoms with E-state index in [-0.39, 0.29) is 18.4 Å². The van der Waals surface area contributed by atoms with E-state index in [1.165, 1.54) is 10.6 Å². The summed E-state index contributed by atoms with van der Waals surface area (Å²) >= 11 is 0. The van der Waals surface area contributed by atoms with Gasteiger partial charge in [0.15, 0.2) is 0 Å². The average Bonchev–Trinajstić information content (AvgIpc) is 2.49. The highest BCUT2D eigenvalue weighted by atomic mass is 32.2. The summed E-state index contributed by atoms with van der Waals surface area (Å²) in [5, 5.41) is 11.4. The number of nitriles is 1. The molecule has 0 bridgehead atoms. The Labute approximate surface area is 130 Å². The van der Waals surface area contributed by atoms with Crippen LogP contribution in [0.1, 0.15) is 18.4 Å². The molecule has 1 aromatic carbocycles. The van der Waals surface area contributed by atoms with Gasteiger partial charge in [-0.05, 0) is 30.5 Å². The summed E-state index contributed by atoms with van der Waals surface area (Å²) in [7, 11) is -3.25. The van der Waals surface area contributed by atoms with Crippen LogP contribution in [0.15, 0.2) is 24.3 Å². The molecule has 1 aliphatic rings. The minimum Gasteiger partial charge on any atom is -0.326 e. The van der Waals surface area contributed by atoms with Gasteiger partial charge in [0.05, 0.1) is 24.7 Å². The molecule has 0 aliphatic carbocycles. The number of rotatable bonds is 4. The van der Waals surface area contributed by atoms with Crippen molar-refractivity contribution in [2.75, 3.05) is 24.7 Å². The smallest absolute Gasteiger partial charge is 0.228 e. The number of carbonyl (C=O) groups is 1. The van der Waals surface area contributed by atoms with Crippen LogP contribution in [0.3, 0.4) is 0 Å². The van der Waals surface area contributed by atoms with Gasteiger partial charge in [-0.3, -0.25) is 4.79 Å². The Kier molecular flexibility index (Phi) is 5.16. The van der Waals surface area contributed by atoms with Gasteiger partial charge in [0.1, 0.15) is 0 Å². The highest BCUT2D eigenvalue weighted by Crippen LogP contribution is 2.20. The zero-order valence-electron chi connectivity index (χ0n) is 12.4. The molecule has 0 saturated carbocycles. The first-order chi connectivity index (χ1) is 10.4. The van der Waals surface area contributed by atoms with Crippen LogP contribution in [0.25, 0.3) is 0 Å². The fraction of sp³-hybridized carbons (Fsp3) is 0.467. The molecule has 118 valence electrons. The van der Waals surface area contributed by atoms with Crippen LogP contribution in [-0.4, -0.2) is 38.0 Å². The van der Waals surface area contributed by atoms with Crippen molar-refractivity contribution in [1.29, 1.82) is 5.26 Å². The lowest BCUT2D eigenvalue weighted by molar-refractivity contribution is -0.120. The van der Waals surface area contributed by atoms with E-state index in [9.17, 15) is 13.2 Å². The van der Waals surface area contributed by atoms with E-state index in [0.717, 1.165) is 5.56 Å². The molecule has 1 saturated heterocycles. The van der Waals surface area contributed by atoms with Crippen LogP contribution < -0.4 is 5.32 Å². The van der Waals surface area contributed by atoms with Gasteiger partial charge in [-0.2, -0.15) is 5.26 Å². The van der Waals surface area contributed by atoms with E-state index < -0.39 is 10.0 Å². The quantitative estimate of drug-likeness (QED) is 0.906. The second-order valence-corrected chi connectivity index (χ2v) is 7.46. The number of benzene rings is 1. The van der Waals surface area contributed by atoms with E-state index in [0.29, 0.717) is 31.5 Å². The van der Waals surface area contributed by atoms with Crippen molar-refractivity contribution < 1.29 is 13.2 Å². The van der Waals surface area contributed by atoms with Gasteiger partial charge in [0.2, 0.25) is 15.9 Å². The zero-order valence-corrected chi connectivity index (χ0v) is 13.3. The Morgan fingerprint density at radius 2 is 2.09 bits per heavy atom. The number of carbonyl (C=O) groups excluding carboxylic acids is 1. The molecule has 1 fully saturated rings. The number of sulfonamides is 1. The molecule has 0 aromatic heterocycles. The first-order valence-electron chi connectivity index (χ1n) is 7.12. The number of piperidine rings is 1. The molecule has 22 heavy (non-hydrogen) atoms. The summed E-state index contributed by atoms with van der Waals surface area (Å²) in [4.78, 5) is 12.3. The van der Waals surface area contributed by atoms with Crippen molar-refractivity contribution in [3.05, 3.63) is 29.8 Å². The molecule has 1 atom stereocenters. The third-order valence-corrected chi connectivity index (χ3v) is 5.00. The van der Waals surface area contributed by atoms with E-state index in [1.807, 2.05) is 0 Å². The van der Waals surface area contributed by atoms with E-state index in [1.54, 1.807) is 24.3 Å².